The smallest absolute Gasteiger partial charge is 0.232 e. The molecule has 1 amide bonds. The number of para-hydroxylation sites is 1. The number of hydrogen-bond acceptors (Lipinski definition) is 1. The number of carbonyl (C=O) groups is 1. The number of amides is 1. The van der Waals surface area contributed by atoms with E-state index < -0.39 is 0 Å². The van der Waals surface area contributed by atoms with Crippen molar-refractivity contribution in [2.45, 2.75) is 27.2 Å². The number of anilines is 1. The van der Waals surface area contributed by atoms with Crippen LogP contribution in [0.3, 0.4) is 0 Å². The van der Waals surface area contributed by atoms with E-state index in [2.05, 4.69) is 97.4 Å². The first-order chi connectivity index (χ1) is 15.4. The van der Waals surface area contributed by atoms with Crippen LogP contribution in [0.25, 0.3) is 5.57 Å². The molecule has 0 radical (unpaired) electrons. The number of benzene rings is 3. The van der Waals surface area contributed by atoms with Crippen molar-refractivity contribution in [2.24, 2.45) is 17.3 Å². The minimum Gasteiger partial charge on any atom is -0.312 e. The van der Waals surface area contributed by atoms with Gasteiger partial charge in [-0.1, -0.05) is 103 Å². The van der Waals surface area contributed by atoms with Gasteiger partial charge in [0.25, 0.3) is 0 Å². The summed E-state index contributed by atoms with van der Waals surface area (Å²) in [5, 5.41) is 0. The van der Waals surface area contributed by atoms with Crippen LogP contribution in [0.5, 0.6) is 0 Å². The molecule has 164 valence electrons. The average molecular weight is 488 g/mol. The summed E-state index contributed by atoms with van der Waals surface area (Å²) in [5.74, 6) is 0.853. The van der Waals surface area contributed by atoms with E-state index in [1.165, 1.54) is 16.7 Å². The molecule has 4 rings (SSSR count). The number of carbonyl (C=O) groups excluding carboxylic acids is 1. The molecule has 0 aliphatic carbocycles. The molecule has 2 nitrogen and oxygen atoms in total. The second-order valence-electron chi connectivity index (χ2n) is 9.34. The van der Waals surface area contributed by atoms with Crippen molar-refractivity contribution in [1.29, 1.82) is 0 Å². The largest absolute Gasteiger partial charge is 0.312 e. The van der Waals surface area contributed by atoms with Crippen LogP contribution >= 0.6 is 15.9 Å². The summed E-state index contributed by atoms with van der Waals surface area (Å²) in [6.45, 7) is 7.25. The monoisotopic (exact) mass is 487 g/mol. The molecule has 1 fully saturated rings. The van der Waals surface area contributed by atoms with E-state index in [0.717, 1.165) is 23.1 Å². The van der Waals surface area contributed by atoms with Gasteiger partial charge in [-0.15, -0.1) is 0 Å². The van der Waals surface area contributed by atoms with Crippen molar-refractivity contribution in [3.05, 3.63) is 107 Å². The first-order valence-electron chi connectivity index (χ1n) is 11.3. The maximum absolute atomic E-state index is 13.2. The maximum atomic E-state index is 13.2. The lowest BCUT2D eigenvalue weighted by atomic mass is 9.76. The van der Waals surface area contributed by atoms with Crippen LogP contribution in [0, 0.1) is 17.3 Å². The zero-order valence-electron chi connectivity index (χ0n) is 19.0. The Morgan fingerprint density at radius 3 is 2.16 bits per heavy atom. The van der Waals surface area contributed by atoms with E-state index in [-0.39, 0.29) is 11.3 Å². The molecule has 1 saturated heterocycles. The highest BCUT2D eigenvalue weighted by Gasteiger charge is 2.47. The first-order valence-corrected chi connectivity index (χ1v) is 12.1. The van der Waals surface area contributed by atoms with Crippen molar-refractivity contribution in [2.75, 3.05) is 11.4 Å². The molecule has 0 spiro atoms. The summed E-state index contributed by atoms with van der Waals surface area (Å²) in [5.41, 5.74) is 4.29. The van der Waals surface area contributed by atoms with Crippen molar-refractivity contribution in [3.63, 3.8) is 0 Å². The summed E-state index contributed by atoms with van der Waals surface area (Å²) in [6.07, 6.45) is 3.35. The zero-order chi connectivity index (χ0) is 22.7. The Labute approximate surface area is 200 Å². The molecule has 3 aromatic carbocycles. The lowest BCUT2D eigenvalue weighted by Gasteiger charge is -2.25. The molecule has 0 bridgehead atoms. The lowest BCUT2D eigenvalue weighted by molar-refractivity contribution is -0.125. The molecule has 1 aliphatic heterocycles. The van der Waals surface area contributed by atoms with E-state index in [1.54, 1.807) is 0 Å². The van der Waals surface area contributed by atoms with Crippen molar-refractivity contribution < 1.29 is 4.79 Å². The third-order valence-electron chi connectivity index (χ3n) is 6.64. The Balaban J connectivity index is 1.60. The van der Waals surface area contributed by atoms with Gasteiger partial charge in [0, 0.05) is 22.1 Å². The van der Waals surface area contributed by atoms with Crippen molar-refractivity contribution in [1.82, 2.24) is 0 Å². The van der Waals surface area contributed by atoms with E-state index in [0.29, 0.717) is 11.8 Å². The van der Waals surface area contributed by atoms with E-state index in [9.17, 15) is 4.79 Å². The Bertz CT molecular complexity index is 1090. The first kappa shape index (κ1) is 22.5. The second kappa shape index (κ2) is 9.46. The molecule has 32 heavy (non-hydrogen) atoms. The van der Waals surface area contributed by atoms with Gasteiger partial charge < -0.3 is 4.90 Å². The minimum atomic E-state index is -0.373. The molecule has 0 N–H and O–H groups in total. The van der Waals surface area contributed by atoms with Crippen LogP contribution in [-0.2, 0) is 4.79 Å². The maximum Gasteiger partial charge on any atom is 0.232 e. The normalized spacial score (nSPS) is 19.2. The molecular weight excluding hydrogens is 458 g/mol. The van der Waals surface area contributed by atoms with E-state index in [1.807, 2.05) is 35.2 Å². The fourth-order valence-electron chi connectivity index (χ4n) is 4.66. The number of hydrogen-bond donors (Lipinski definition) is 0. The second-order valence-corrected chi connectivity index (χ2v) is 10.3. The van der Waals surface area contributed by atoms with Crippen molar-refractivity contribution >= 4 is 33.1 Å². The quantitative estimate of drug-likeness (QED) is 0.350. The SMILES string of the molecule is CC(/C=C(/c1ccccc1)c1ccc(Br)cc1)CC1CN(c2ccccc2)C(=O)C1(C)C. The van der Waals surface area contributed by atoms with Crippen LogP contribution in [-0.4, -0.2) is 12.5 Å². The topological polar surface area (TPSA) is 20.3 Å². The van der Waals surface area contributed by atoms with Crippen LogP contribution in [0.1, 0.15) is 38.3 Å². The van der Waals surface area contributed by atoms with E-state index >= 15 is 0 Å². The van der Waals surface area contributed by atoms with Gasteiger partial charge in [-0.2, -0.15) is 0 Å². The summed E-state index contributed by atoms with van der Waals surface area (Å²) in [7, 11) is 0. The Morgan fingerprint density at radius 2 is 1.53 bits per heavy atom. The zero-order valence-corrected chi connectivity index (χ0v) is 20.5. The summed E-state index contributed by atoms with van der Waals surface area (Å²) in [6, 6.07) is 29.1. The summed E-state index contributed by atoms with van der Waals surface area (Å²) < 4.78 is 1.08. The van der Waals surface area contributed by atoms with Gasteiger partial charge in [-0.25, -0.2) is 0 Å². The molecule has 1 heterocycles. The average Bonchev–Trinajstić information content (AvgIpc) is 3.03. The van der Waals surface area contributed by atoms with Crippen LogP contribution < -0.4 is 4.90 Å². The van der Waals surface area contributed by atoms with E-state index in [4.69, 9.17) is 0 Å². The minimum absolute atomic E-state index is 0.223. The van der Waals surface area contributed by atoms with Crippen LogP contribution in [0.2, 0.25) is 0 Å². The molecular formula is C29H30BrNO. The lowest BCUT2D eigenvalue weighted by Crippen LogP contribution is -2.31. The fourth-order valence-corrected chi connectivity index (χ4v) is 4.93. The summed E-state index contributed by atoms with van der Waals surface area (Å²) in [4.78, 5) is 15.2. The number of rotatable bonds is 6. The predicted octanol–water partition coefficient (Wildman–Crippen LogP) is 7.60. The molecule has 3 aromatic rings. The highest BCUT2D eigenvalue weighted by Crippen LogP contribution is 2.42. The van der Waals surface area contributed by atoms with Gasteiger partial charge in [0.15, 0.2) is 0 Å². The Kier molecular flexibility index (Phi) is 6.66. The number of allylic oxidation sites excluding steroid dienone is 1. The molecule has 0 aromatic heterocycles. The van der Waals surface area contributed by atoms with Gasteiger partial charge in [0.05, 0.1) is 0 Å². The van der Waals surface area contributed by atoms with Crippen LogP contribution in [0.4, 0.5) is 5.69 Å². The van der Waals surface area contributed by atoms with Gasteiger partial charge in [-0.05, 0) is 59.2 Å². The molecule has 2 atom stereocenters. The van der Waals surface area contributed by atoms with Gasteiger partial charge in [-0.3, -0.25) is 4.79 Å². The fraction of sp³-hybridized carbons (Fsp3) is 0.276. The Morgan fingerprint density at radius 1 is 0.969 bits per heavy atom. The highest BCUT2D eigenvalue weighted by molar-refractivity contribution is 9.10. The number of nitrogens with zero attached hydrogens (tertiary/aromatic N) is 1. The number of halogens is 1. The van der Waals surface area contributed by atoms with Gasteiger partial charge in [0.1, 0.15) is 0 Å². The summed E-state index contributed by atoms with van der Waals surface area (Å²) >= 11 is 3.55. The third kappa shape index (κ3) is 4.73. The molecule has 0 saturated carbocycles. The Hall–Kier alpha value is -2.65. The van der Waals surface area contributed by atoms with Gasteiger partial charge in [0.2, 0.25) is 5.91 Å². The molecule has 3 heteroatoms. The van der Waals surface area contributed by atoms with Gasteiger partial charge >= 0.3 is 0 Å². The predicted molar refractivity (Wildman–Crippen MR) is 138 cm³/mol. The highest BCUT2D eigenvalue weighted by atomic mass is 79.9. The third-order valence-corrected chi connectivity index (χ3v) is 7.16. The van der Waals surface area contributed by atoms with Crippen molar-refractivity contribution in [3.8, 4) is 0 Å². The standard InChI is InChI=1S/C29H30BrNO/c1-21(18-24-20-31(28(32)29(24,2)3)26-12-8-5-9-13-26)19-27(22-10-6-4-7-11-22)23-14-16-25(30)17-15-23/h4-17,19,21,24H,18,20H2,1-3H3/b27-19-. The molecule has 2 unspecified atom stereocenters. The molecule has 1 aliphatic rings. The van der Waals surface area contributed by atoms with Crippen LogP contribution in [0.15, 0.2) is 95.5 Å².